The number of rotatable bonds is 5. The van der Waals surface area contributed by atoms with Crippen LogP contribution < -0.4 is 10.5 Å². The molecule has 0 saturated carbocycles. The normalized spacial score (nSPS) is 20.6. The lowest BCUT2D eigenvalue weighted by Crippen LogP contribution is -2.32. The number of hydrogen-bond donors (Lipinski definition) is 2. The summed E-state index contributed by atoms with van der Waals surface area (Å²) in [7, 11) is -3.49. The number of aryl methyl sites for hydroxylation is 1. The van der Waals surface area contributed by atoms with E-state index in [9.17, 15) is 8.42 Å². The van der Waals surface area contributed by atoms with Crippen LogP contribution in [0.4, 0.5) is 0 Å². The maximum Gasteiger partial charge on any atom is 0.244 e. The Morgan fingerprint density at radius 2 is 2.32 bits per heavy atom. The Morgan fingerprint density at radius 3 is 2.89 bits per heavy atom. The largest absolute Gasteiger partial charge is 0.464 e. The van der Waals surface area contributed by atoms with Crippen molar-refractivity contribution in [3.63, 3.8) is 0 Å². The molecule has 1 unspecified atom stereocenters. The van der Waals surface area contributed by atoms with Gasteiger partial charge in [0, 0.05) is 17.9 Å². The predicted molar refractivity (Wildman–Crippen MR) is 76.6 cm³/mol. The van der Waals surface area contributed by atoms with Gasteiger partial charge >= 0.3 is 0 Å². The van der Waals surface area contributed by atoms with Crippen LogP contribution >= 0.6 is 11.8 Å². The van der Waals surface area contributed by atoms with Gasteiger partial charge in [0.05, 0.1) is 6.54 Å². The van der Waals surface area contributed by atoms with Gasteiger partial charge in [-0.25, -0.2) is 13.1 Å². The summed E-state index contributed by atoms with van der Waals surface area (Å²) >= 11 is 1.84. The maximum atomic E-state index is 12.2. The zero-order valence-electron chi connectivity index (χ0n) is 11.0. The number of hydrogen-bond acceptors (Lipinski definition) is 5. The van der Waals surface area contributed by atoms with Crippen molar-refractivity contribution in [3.05, 3.63) is 17.6 Å². The van der Waals surface area contributed by atoms with Crippen molar-refractivity contribution in [1.29, 1.82) is 0 Å². The van der Waals surface area contributed by atoms with Crippen molar-refractivity contribution in [2.45, 2.75) is 42.9 Å². The van der Waals surface area contributed by atoms with Gasteiger partial charge in [0.15, 0.2) is 0 Å². The molecule has 0 aromatic carbocycles. The number of thioether (sulfide) groups is 1. The molecule has 3 N–H and O–H groups in total. The van der Waals surface area contributed by atoms with E-state index in [0.717, 1.165) is 12.2 Å². The van der Waals surface area contributed by atoms with Gasteiger partial charge in [0.1, 0.15) is 16.4 Å². The van der Waals surface area contributed by atoms with Crippen LogP contribution in [0.15, 0.2) is 15.4 Å². The molecule has 0 spiro atoms. The first-order valence-corrected chi connectivity index (χ1v) is 8.97. The minimum atomic E-state index is -3.49. The summed E-state index contributed by atoms with van der Waals surface area (Å²) in [6.07, 6.45) is 3.49. The summed E-state index contributed by atoms with van der Waals surface area (Å²) < 4.78 is 32.4. The highest BCUT2D eigenvalue weighted by atomic mass is 32.2. The lowest BCUT2D eigenvalue weighted by Gasteiger charge is -2.21. The molecule has 2 heterocycles. The average molecular weight is 304 g/mol. The number of nitrogens with two attached hydrogens (primary N) is 1. The van der Waals surface area contributed by atoms with Crippen molar-refractivity contribution in [3.8, 4) is 0 Å². The molecule has 1 aliphatic heterocycles. The summed E-state index contributed by atoms with van der Waals surface area (Å²) in [6.45, 7) is 2.33. The van der Waals surface area contributed by atoms with Gasteiger partial charge in [-0.1, -0.05) is 6.42 Å². The lowest BCUT2D eigenvalue weighted by atomic mass is 10.2. The Bertz CT molecular complexity index is 519. The molecule has 1 aromatic rings. The Balaban J connectivity index is 2.02. The summed E-state index contributed by atoms with van der Waals surface area (Å²) in [5.74, 6) is 2.00. The molecular weight excluding hydrogens is 284 g/mol. The van der Waals surface area contributed by atoms with E-state index in [-0.39, 0.29) is 11.4 Å². The minimum absolute atomic E-state index is 0.203. The summed E-state index contributed by atoms with van der Waals surface area (Å²) in [4.78, 5) is 0.203. The maximum absolute atomic E-state index is 12.2. The first-order valence-electron chi connectivity index (χ1n) is 6.43. The third-order valence-electron chi connectivity index (χ3n) is 3.19. The molecule has 0 bridgehead atoms. The van der Waals surface area contributed by atoms with Crippen molar-refractivity contribution in [1.82, 2.24) is 4.72 Å². The van der Waals surface area contributed by atoms with Crippen LogP contribution in [0.3, 0.4) is 0 Å². The molecule has 1 saturated heterocycles. The molecule has 0 radical (unpaired) electrons. The SMILES string of the molecule is Cc1oc(CN)cc1S(=O)(=O)NCC1CCCCS1. The highest BCUT2D eigenvalue weighted by Crippen LogP contribution is 2.25. The van der Waals surface area contributed by atoms with Gasteiger partial charge in [-0.2, -0.15) is 11.8 Å². The highest BCUT2D eigenvalue weighted by Gasteiger charge is 2.23. The molecule has 0 amide bonds. The molecular formula is C12H20N2O3S2. The molecule has 19 heavy (non-hydrogen) atoms. The van der Waals surface area contributed by atoms with E-state index in [0.29, 0.717) is 23.3 Å². The van der Waals surface area contributed by atoms with Crippen molar-refractivity contribution < 1.29 is 12.8 Å². The van der Waals surface area contributed by atoms with Gasteiger partial charge in [-0.05, 0) is 25.5 Å². The van der Waals surface area contributed by atoms with Crippen LogP contribution in [0.25, 0.3) is 0 Å². The minimum Gasteiger partial charge on any atom is -0.464 e. The Morgan fingerprint density at radius 1 is 1.53 bits per heavy atom. The fourth-order valence-electron chi connectivity index (χ4n) is 2.14. The van der Waals surface area contributed by atoms with E-state index in [1.807, 2.05) is 11.8 Å². The second-order valence-electron chi connectivity index (χ2n) is 4.68. The zero-order valence-corrected chi connectivity index (χ0v) is 12.6. The van der Waals surface area contributed by atoms with Crippen LogP contribution in [0.2, 0.25) is 0 Å². The molecule has 1 aromatic heterocycles. The van der Waals surface area contributed by atoms with E-state index in [1.54, 1.807) is 6.92 Å². The monoisotopic (exact) mass is 304 g/mol. The van der Waals surface area contributed by atoms with Gasteiger partial charge in [-0.15, -0.1) is 0 Å². The van der Waals surface area contributed by atoms with Gasteiger partial charge in [0.25, 0.3) is 0 Å². The average Bonchev–Trinajstić information content (AvgIpc) is 2.80. The molecule has 5 nitrogen and oxygen atoms in total. The van der Waals surface area contributed by atoms with E-state index in [1.165, 1.54) is 18.9 Å². The molecule has 1 fully saturated rings. The molecule has 108 valence electrons. The molecule has 1 atom stereocenters. The Kier molecular flexibility index (Phi) is 4.94. The second kappa shape index (κ2) is 6.30. The quantitative estimate of drug-likeness (QED) is 0.863. The number of furan rings is 1. The highest BCUT2D eigenvalue weighted by molar-refractivity contribution is 8.00. The molecule has 1 aliphatic rings. The van der Waals surface area contributed by atoms with E-state index in [4.69, 9.17) is 10.2 Å². The lowest BCUT2D eigenvalue weighted by molar-refractivity contribution is 0.478. The van der Waals surface area contributed by atoms with Gasteiger partial charge in [-0.3, -0.25) is 0 Å². The van der Waals surface area contributed by atoms with Crippen LogP contribution in [-0.2, 0) is 16.6 Å². The van der Waals surface area contributed by atoms with Crippen LogP contribution in [0, 0.1) is 6.92 Å². The zero-order chi connectivity index (χ0) is 13.9. The van der Waals surface area contributed by atoms with Crippen LogP contribution in [0.5, 0.6) is 0 Å². The van der Waals surface area contributed by atoms with E-state index >= 15 is 0 Å². The van der Waals surface area contributed by atoms with Gasteiger partial charge < -0.3 is 10.2 Å². The summed E-state index contributed by atoms with van der Waals surface area (Å²) in [5.41, 5.74) is 5.45. The topological polar surface area (TPSA) is 85.3 Å². The van der Waals surface area contributed by atoms with Crippen molar-refractivity contribution >= 4 is 21.8 Å². The number of nitrogens with one attached hydrogen (secondary N) is 1. The fourth-order valence-corrected chi connectivity index (χ4v) is 4.77. The van der Waals surface area contributed by atoms with Crippen LogP contribution in [-0.4, -0.2) is 26.0 Å². The number of sulfonamides is 1. The molecule has 7 heteroatoms. The van der Waals surface area contributed by atoms with E-state index in [2.05, 4.69) is 4.72 Å². The summed E-state index contributed by atoms with van der Waals surface area (Å²) in [5, 5.41) is 0.379. The summed E-state index contributed by atoms with van der Waals surface area (Å²) in [6, 6.07) is 1.51. The Hall–Kier alpha value is -0.500. The van der Waals surface area contributed by atoms with Gasteiger partial charge in [0.2, 0.25) is 10.0 Å². The first kappa shape index (κ1) is 14.9. The molecule has 2 rings (SSSR count). The van der Waals surface area contributed by atoms with Crippen molar-refractivity contribution in [2.75, 3.05) is 12.3 Å². The predicted octanol–water partition coefficient (Wildman–Crippen LogP) is 1.61. The second-order valence-corrected chi connectivity index (χ2v) is 7.82. The smallest absolute Gasteiger partial charge is 0.244 e. The van der Waals surface area contributed by atoms with Crippen LogP contribution in [0.1, 0.15) is 30.8 Å². The molecule has 0 aliphatic carbocycles. The van der Waals surface area contributed by atoms with Crippen molar-refractivity contribution in [2.24, 2.45) is 5.73 Å². The third kappa shape index (κ3) is 3.75. The third-order valence-corrected chi connectivity index (χ3v) is 6.12. The first-order chi connectivity index (χ1) is 9.03. The van der Waals surface area contributed by atoms with E-state index < -0.39 is 10.0 Å². The fraction of sp³-hybridized carbons (Fsp3) is 0.667. The Labute approximate surface area is 118 Å². The standard InChI is InChI=1S/C12H20N2O3S2/c1-9-12(6-10(7-13)17-9)19(15,16)14-8-11-4-2-3-5-18-11/h6,11,14H,2-5,7-8,13H2,1H3.